The van der Waals surface area contributed by atoms with Gasteiger partial charge in [0.05, 0.1) is 0 Å². The molecule has 2 unspecified atom stereocenters. The molecule has 0 saturated heterocycles. The molecule has 0 fully saturated rings. The van der Waals surface area contributed by atoms with Crippen LogP contribution in [0, 0.1) is 11.8 Å². The van der Waals surface area contributed by atoms with Gasteiger partial charge in [-0.3, -0.25) is 0 Å². The van der Waals surface area contributed by atoms with Gasteiger partial charge in [0.15, 0.2) is 0 Å². The molecule has 10 heavy (non-hydrogen) atoms. The van der Waals surface area contributed by atoms with E-state index in [-0.39, 0.29) is 0 Å². The summed E-state index contributed by atoms with van der Waals surface area (Å²) in [4.78, 5) is 0. The normalized spacial score (nSPS) is 37.4. The third-order valence-electron chi connectivity index (χ3n) is 3.04. The van der Waals surface area contributed by atoms with E-state index < -0.39 is 0 Å². The van der Waals surface area contributed by atoms with Crippen molar-refractivity contribution < 1.29 is 0 Å². The maximum atomic E-state index is 2.41. The summed E-state index contributed by atoms with van der Waals surface area (Å²) >= 11 is 0. The van der Waals surface area contributed by atoms with Gasteiger partial charge in [0, 0.05) is 0 Å². The zero-order valence-corrected chi connectivity index (χ0v) is 6.72. The Balaban J connectivity index is 2.23. The molecule has 0 bridgehead atoms. The molecule has 54 valence electrons. The van der Waals surface area contributed by atoms with E-state index in [0.29, 0.717) is 0 Å². The van der Waals surface area contributed by atoms with E-state index in [2.05, 4.69) is 26.0 Å². The summed E-state index contributed by atoms with van der Waals surface area (Å²) in [5.74, 6) is 1.78. The first-order valence-corrected chi connectivity index (χ1v) is 4.12. The number of fused-ring (bicyclic) bond motifs is 1. The van der Waals surface area contributed by atoms with Crippen molar-refractivity contribution in [2.24, 2.45) is 11.8 Å². The van der Waals surface area contributed by atoms with E-state index in [1.165, 1.54) is 12.8 Å². The average molecular weight is 134 g/mol. The van der Waals surface area contributed by atoms with Crippen molar-refractivity contribution in [2.75, 3.05) is 0 Å². The molecule has 2 atom stereocenters. The molecule has 0 nitrogen and oxygen atoms in total. The second-order valence-electron chi connectivity index (χ2n) is 3.58. The summed E-state index contributed by atoms with van der Waals surface area (Å²) in [6.07, 6.45) is 7.43. The summed E-state index contributed by atoms with van der Waals surface area (Å²) in [6, 6.07) is 0. The maximum absolute atomic E-state index is 2.41. The summed E-state index contributed by atoms with van der Waals surface area (Å²) in [5.41, 5.74) is 3.25. The van der Waals surface area contributed by atoms with Crippen LogP contribution in [0.5, 0.6) is 0 Å². The Labute approximate surface area is 62.6 Å². The predicted octanol–water partition coefficient (Wildman–Crippen LogP) is 2.92. The Bertz CT molecular complexity index is 184. The third kappa shape index (κ3) is 0.681. The molecule has 0 N–H and O–H groups in total. The van der Waals surface area contributed by atoms with Crippen LogP contribution in [-0.2, 0) is 0 Å². The number of hydrogen-bond acceptors (Lipinski definition) is 0. The minimum Gasteiger partial charge on any atom is -0.0847 e. The van der Waals surface area contributed by atoms with Gasteiger partial charge in [0.1, 0.15) is 0 Å². The summed E-state index contributed by atoms with van der Waals surface area (Å²) in [5, 5.41) is 0. The van der Waals surface area contributed by atoms with Gasteiger partial charge in [-0.2, -0.15) is 0 Å². The van der Waals surface area contributed by atoms with Crippen molar-refractivity contribution in [1.82, 2.24) is 0 Å². The topological polar surface area (TPSA) is 0 Å². The van der Waals surface area contributed by atoms with Crippen LogP contribution in [0.2, 0.25) is 0 Å². The average Bonchev–Trinajstić information content (AvgIpc) is 2.41. The zero-order chi connectivity index (χ0) is 7.14. The Kier molecular flexibility index (Phi) is 1.23. The maximum Gasteiger partial charge on any atom is -0.0103 e. The molecule has 0 spiro atoms. The molecule has 0 heterocycles. The SMILES string of the molecule is CC1=CCC2C(C)=CCC12. The lowest BCUT2D eigenvalue weighted by Gasteiger charge is -2.12. The zero-order valence-electron chi connectivity index (χ0n) is 6.72. The van der Waals surface area contributed by atoms with Crippen LogP contribution in [0.3, 0.4) is 0 Å². The minimum atomic E-state index is 0.889. The van der Waals surface area contributed by atoms with Crippen molar-refractivity contribution in [3.8, 4) is 0 Å². The molecule has 0 radical (unpaired) electrons. The molecule has 0 saturated carbocycles. The Morgan fingerprint density at radius 1 is 1.00 bits per heavy atom. The minimum absolute atomic E-state index is 0.889. The van der Waals surface area contributed by atoms with Crippen LogP contribution < -0.4 is 0 Å². The molecule has 0 aromatic heterocycles. The lowest BCUT2D eigenvalue weighted by molar-refractivity contribution is 0.511. The third-order valence-corrected chi connectivity index (χ3v) is 3.04. The quantitative estimate of drug-likeness (QED) is 0.447. The highest BCUT2D eigenvalue weighted by Gasteiger charge is 2.31. The molecular formula is C10H14. The van der Waals surface area contributed by atoms with Gasteiger partial charge >= 0.3 is 0 Å². The van der Waals surface area contributed by atoms with E-state index in [4.69, 9.17) is 0 Å². The molecule has 2 rings (SSSR count). The van der Waals surface area contributed by atoms with Crippen molar-refractivity contribution in [1.29, 1.82) is 0 Å². The van der Waals surface area contributed by atoms with Gasteiger partial charge in [0.2, 0.25) is 0 Å². The van der Waals surface area contributed by atoms with E-state index in [0.717, 1.165) is 11.8 Å². The van der Waals surface area contributed by atoms with Crippen molar-refractivity contribution in [3.05, 3.63) is 23.3 Å². The van der Waals surface area contributed by atoms with Gasteiger partial charge < -0.3 is 0 Å². The standard InChI is InChI=1S/C10H14/c1-7-3-5-10-8(2)4-6-9(7)10/h3-4,9-10H,5-6H2,1-2H3. The first-order chi connectivity index (χ1) is 4.79. The van der Waals surface area contributed by atoms with Crippen LogP contribution in [0.15, 0.2) is 23.3 Å². The molecule has 0 aromatic rings. The van der Waals surface area contributed by atoms with Gasteiger partial charge in [-0.15, -0.1) is 0 Å². The Morgan fingerprint density at radius 2 is 1.40 bits per heavy atom. The van der Waals surface area contributed by atoms with Gasteiger partial charge in [-0.05, 0) is 38.5 Å². The molecule has 0 heteroatoms. The smallest absolute Gasteiger partial charge is 0.0103 e. The Morgan fingerprint density at radius 3 is 1.80 bits per heavy atom. The number of allylic oxidation sites excluding steroid dienone is 4. The van der Waals surface area contributed by atoms with Crippen molar-refractivity contribution >= 4 is 0 Å². The van der Waals surface area contributed by atoms with Crippen molar-refractivity contribution in [3.63, 3.8) is 0 Å². The molecule has 2 aliphatic rings. The van der Waals surface area contributed by atoms with Crippen LogP contribution in [0.4, 0.5) is 0 Å². The monoisotopic (exact) mass is 134 g/mol. The van der Waals surface area contributed by atoms with Crippen LogP contribution in [0.1, 0.15) is 26.7 Å². The molecular weight excluding hydrogens is 120 g/mol. The summed E-state index contributed by atoms with van der Waals surface area (Å²) in [7, 11) is 0. The number of hydrogen-bond donors (Lipinski definition) is 0. The first kappa shape index (κ1) is 6.21. The lowest BCUT2D eigenvalue weighted by Crippen LogP contribution is -2.04. The fourth-order valence-electron chi connectivity index (χ4n) is 2.26. The fraction of sp³-hybridized carbons (Fsp3) is 0.600. The van der Waals surface area contributed by atoms with E-state index in [1.807, 2.05) is 0 Å². The first-order valence-electron chi connectivity index (χ1n) is 4.12. The van der Waals surface area contributed by atoms with E-state index in [9.17, 15) is 0 Å². The molecule has 2 aliphatic carbocycles. The molecule has 0 aliphatic heterocycles. The molecule has 0 amide bonds. The summed E-state index contributed by atoms with van der Waals surface area (Å²) in [6.45, 7) is 4.55. The van der Waals surface area contributed by atoms with Gasteiger partial charge in [-0.1, -0.05) is 23.3 Å². The number of rotatable bonds is 0. The highest BCUT2D eigenvalue weighted by Crippen LogP contribution is 2.43. The fourth-order valence-corrected chi connectivity index (χ4v) is 2.26. The van der Waals surface area contributed by atoms with Gasteiger partial charge in [0.25, 0.3) is 0 Å². The van der Waals surface area contributed by atoms with Gasteiger partial charge in [-0.25, -0.2) is 0 Å². The predicted molar refractivity (Wildman–Crippen MR) is 43.7 cm³/mol. The lowest BCUT2D eigenvalue weighted by atomic mass is 9.92. The van der Waals surface area contributed by atoms with E-state index in [1.54, 1.807) is 11.1 Å². The largest absolute Gasteiger partial charge is 0.0847 e. The van der Waals surface area contributed by atoms with Crippen molar-refractivity contribution in [2.45, 2.75) is 26.7 Å². The van der Waals surface area contributed by atoms with Crippen LogP contribution >= 0.6 is 0 Å². The second kappa shape index (κ2) is 1.98. The highest BCUT2D eigenvalue weighted by molar-refractivity contribution is 5.27. The highest BCUT2D eigenvalue weighted by atomic mass is 14.4. The Hall–Kier alpha value is -0.520. The van der Waals surface area contributed by atoms with Crippen LogP contribution in [0.25, 0.3) is 0 Å². The second-order valence-corrected chi connectivity index (χ2v) is 3.58. The molecule has 0 aromatic carbocycles. The van der Waals surface area contributed by atoms with E-state index >= 15 is 0 Å². The van der Waals surface area contributed by atoms with Crippen LogP contribution in [-0.4, -0.2) is 0 Å². The summed E-state index contributed by atoms with van der Waals surface area (Å²) < 4.78 is 0.